The van der Waals surface area contributed by atoms with Crippen molar-refractivity contribution in [2.24, 2.45) is 0 Å². The molecule has 0 aliphatic carbocycles. The highest BCUT2D eigenvalue weighted by molar-refractivity contribution is 5.72. The number of rotatable bonds is 4. The Hall–Kier alpha value is -1.97. The normalized spacial score (nSPS) is 26.7. The number of H-pyrrole nitrogens is 1. The molecule has 21 heavy (non-hydrogen) atoms. The number of aliphatic carboxylic acids is 1. The van der Waals surface area contributed by atoms with Crippen LogP contribution in [0.2, 0.25) is 0 Å². The van der Waals surface area contributed by atoms with E-state index in [2.05, 4.69) is 4.98 Å². The number of aliphatic hydroxyl groups excluding tert-OH is 2. The Morgan fingerprint density at radius 1 is 1.57 bits per heavy atom. The van der Waals surface area contributed by atoms with Crippen LogP contribution in [-0.2, 0) is 16.0 Å². The molecule has 9 nitrogen and oxygen atoms in total. The summed E-state index contributed by atoms with van der Waals surface area (Å²) in [6.07, 6.45) is -3.77. The largest absolute Gasteiger partial charge is 0.479 e. The summed E-state index contributed by atoms with van der Waals surface area (Å²) in [5.41, 5.74) is -0.866. The standard InChI is InChI=1S/C12H16N2O7/c1-2-5-4-14(12(20)13-10(5)17)7-3-6(15)9(21-7)8(16)11(18)19/h4,6-9,15-16H,2-3H2,1H3,(H,18,19)(H,13,17,20)/t6-,7+,8?,9+/m0/s1. The average Bonchev–Trinajstić information content (AvgIpc) is 2.79. The van der Waals surface area contributed by atoms with Crippen LogP contribution in [0.15, 0.2) is 15.8 Å². The molecule has 9 heteroatoms. The molecule has 1 unspecified atom stereocenters. The molecule has 4 atom stereocenters. The third kappa shape index (κ3) is 2.89. The summed E-state index contributed by atoms with van der Waals surface area (Å²) >= 11 is 0. The van der Waals surface area contributed by atoms with Crippen LogP contribution < -0.4 is 11.2 Å². The minimum Gasteiger partial charge on any atom is -0.479 e. The van der Waals surface area contributed by atoms with Crippen molar-refractivity contribution in [2.75, 3.05) is 0 Å². The van der Waals surface area contributed by atoms with Crippen molar-refractivity contribution in [1.82, 2.24) is 9.55 Å². The maximum absolute atomic E-state index is 11.8. The Morgan fingerprint density at radius 2 is 2.24 bits per heavy atom. The lowest BCUT2D eigenvalue weighted by molar-refractivity contribution is -0.160. The molecule has 2 rings (SSSR count). The first-order chi connectivity index (χ1) is 9.85. The molecule has 0 saturated carbocycles. The number of carboxylic acid groups (broad SMARTS) is 1. The molecule has 1 fully saturated rings. The summed E-state index contributed by atoms with van der Waals surface area (Å²) in [5.74, 6) is -1.53. The van der Waals surface area contributed by atoms with E-state index in [4.69, 9.17) is 9.84 Å². The Kier molecular flexibility index (Phi) is 4.26. The van der Waals surface area contributed by atoms with Gasteiger partial charge in [0.1, 0.15) is 12.3 Å². The molecule has 1 aromatic heterocycles. The van der Waals surface area contributed by atoms with Gasteiger partial charge in [0.15, 0.2) is 6.10 Å². The van der Waals surface area contributed by atoms with Gasteiger partial charge in [-0.3, -0.25) is 14.3 Å². The molecular formula is C12H16N2O7. The summed E-state index contributed by atoms with van der Waals surface area (Å²) in [4.78, 5) is 36.1. The number of aromatic amines is 1. The molecule has 1 aliphatic heterocycles. The highest BCUT2D eigenvalue weighted by atomic mass is 16.5. The van der Waals surface area contributed by atoms with Gasteiger partial charge < -0.3 is 20.1 Å². The molecule has 2 heterocycles. The lowest BCUT2D eigenvalue weighted by Gasteiger charge is -2.18. The highest BCUT2D eigenvalue weighted by Gasteiger charge is 2.42. The van der Waals surface area contributed by atoms with E-state index in [1.165, 1.54) is 6.20 Å². The zero-order valence-corrected chi connectivity index (χ0v) is 11.2. The zero-order valence-electron chi connectivity index (χ0n) is 11.2. The van der Waals surface area contributed by atoms with E-state index in [1.54, 1.807) is 6.92 Å². The van der Waals surface area contributed by atoms with Gasteiger partial charge in [-0.05, 0) is 6.42 Å². The summed E-state index contributed by atoms with van der Waals surface area (Å²) in [5, 5.41) is 28.0. The first-order valence-electron chi connectivity index (χ1n) is 6.43. The molecule has 0 spiro atoms. The Morgan fingerprint density at radius 3 is 2.81 bits per heavy atom. The van der Waals surface area contributed by atoms with E-state index in [0.717, 1.165) is 4.57 Å². The summed E-state index contributed by atoms with van der Waals surface area (Å²) in [6.45, 7) is 1.74. The first kappa shape index (κ1) is 15.4. The number of carbonyl (C=O) groups is 1. The number of nitrogens with zero attached hydrogens (tertiary/aromatic N) is 1. The van der Waals surface area contributed by atoms with Crippen molar-refractivity contribution in [3.8, 4) is 0 Å². The van der Waals surface area contributed by atoms with Gasteiger partial charge >= 0.3 is 11.7 Å². The second kappa shape index (κ2) is 5.80. The van der Waals surface area contributed by atoms with Crippen molar-refractivity contribution in [2.45, 2.75) is 44.3 Å². The van der Waals surface area contributed by atoms with Crippen molar-refractivity contribution >= 4 is 5.97 Å². The van der Waals surface area contributed by atoms with Crippen molar-refractivity contribution in [3.63, 3.8) is 0 Å². The second-order valence-electron chi connectivity index (χ2n) is 4.82. The van der Waals surface area contributed by atoms with Crippen LogP contribution in [-0.4, -0.2) is 49.2 Å². The number of hydrogen-bond acceptors (Lipinski definition) is 6. The second-order valence-corrected chi connectivity index (χ2v) is 4.82. The van der Waals surface area contributed by atoms with Gasteiger partial charge in [0.25, 0.3) is 5.56 Å². The average molecular weight is 300 g/mol. The van der Waals surface area contributed by atoms with Gasteiger partial charge in [-0.1, -0.05) is 6.92 Å². The van der Waals surface area contributed by atoms with Crippen LogP contribution in [0.5, 0.6) is 0 Å². The molecule has 4 N–H and O–H groups in total. The van der Waals surface area contributed by atoms with Gasteiger partial charge in [-0.15, -0.1) is 0 Å². The van der Waals surface area contributed by atoms with Crippen molar-refractivity contribution in [1.29, 1.82) is 0 Å². The molecule has 0 aromatic carbocycles. The molecule has 0 bridgehead atoms. The maximum atomic E-state index is 11.8. The highest BCUT2D eigenvalue weighted by Crippen LogP contribution is 2.29. The minimum absolute atomic E-state index is 0.0654. The molecule has 1 aliphatic rings. The fraction of sp³-hybridized carbons (Fsp3) is 0.583. The van der Waals surface area contributed by atoms with Crippen LogP contribution in [0.1, 0.15) is 25.1 Å². The molecule has 0 radical (unpaired) electrons. The third-order valence-corrected chi connectivity index (χ3v) is 3.43. The van der Waals surface area contributed by atoms with Gasteiger partial charge in [0.05, 0.1) is 6.10 Å². The Labute approximate surface area is 118 Å². The maximum Gasteiger partial charge on any atom is 0.335 e. The Balaban J connectivity index is 2.31. The fourth-order valence-electron chi connectivity index (χ4n) is 2.27. The summed E-state index contributed by atoms with van der Waals surface area (Å²) < 4.78 is 6.34. The van der Waals surface area contributed by atoms with Crippen molar-refractivity contribution < 1.29 is 24.9 Å². The predicted octanol–water partition coefficient (Wildman–Crippen LogP) is -1.81. The predicted molar refractivity (Wildman–Crippen MR) is 68.9 cm³/mol. The van der Waals surface area contributed by atoms with E-state index in [9.17, 15) is 24.6 Å². The van der Waals surface area contributed by atoms with Gasteiger partial charge in [0, 0.05) is 18.2 Å². The minimum atomic E-state index is -1.89. The third-order valence-electron chi connectivity index (χ3n) is 3.43. The van der Waals surface area contributed by atoms with E-state index >= 15 is 0 Å². The topological polar surface area (TPSA) is 142 Å². The lowest BCUT2D eigenvalue weighted by atomic mass is 10.1. The molecule has 1 saturated heterocycles. The number of ether oxygens (including phenoxy) is 1. The number of aryl methyl sites for hydroxylation is 1. The van der Waals surface area contributed by atoms with Gasteiger partial charge in [0.2, 0.25) is 0 Å². The van der Waals surface area contributed by atoms with Gasteiger partial charge in [-0.2, -0.15) is 0 Å². The quantitative estimate of drug-likeness (QED) is 0.513. The first-order valence-corrected chi connectivity index (χ1v) is 6.43. The number of aromatic nitrogens is 2. The number of aliphatic hydroxyl groups is 2. The number of nitrogens with one attached hydrogen (secondary N) is 1. The lowest BCUT2D eigenvalue weighted by Crippen LogP contribution is -2.40. The van der Waals surface area contributed by atoms with Crippen LogP contribution in [0.4, 0.5) is 0 Å². The number of carboxylic acids is 1. The van der Waals surface area contributed by atoms with E-state index < -0.39 is 41.8 Å². The zero-order chi connectivity index (χ0) is 15.7. The number of hydrogen-bond donors (Lipinski definition) is 4. The Bertz CT molecular complexity index is 650. The van der Waals surface area contributed by atoms with Crippen LogP contribution in [0, 0.1) is 0 Å². The smallest absolute Gasteiger partial charge is 0.335 e. The van der Waals surface area contributed by atoms with E-state index in [0.29, 0.717) is 12.0 Å². The molecular weight excluding hydrogens is 284 g/mol. The molecule has 0 amide bonds. The van der Waals surface area contributed by atoms with Crippen LogP contribution >= 0.6 is 0 Å². The molecule has 1 aromatic rings. The summed E-state index contributed by atoms with van der Waals surface area (Å²) in [6, 6.07) is 0. The van der Waals surface area contributed by atoms with Crippen LogP contribution in [0.3, 0.4) is 0 Å². The van der Waals surface area contributed by atoms with Gasteiger partial charge in [-0.25, -0.2) is 9.59 Å². The summed E-state index contributed by atoms with van der Waals surface area (Å²) in [7, 11) is 0. The van der Waals surface area contributed by atoms with Crippen molar-refractivity contribution in [3.05, 3.63) is 32.6 Å². The van der Waals surface area contributed by atoms with E-state index in [-0.39, 0.29) is 6.42 Å². The monoisotopic (exact) mass is 300 g/mol. The fourth-order valence-corrected chi connectivity index (χ4v) is 2.27. The van der Waals surface area contributed by atoms with E-state index in [1.807, 2.05) is 0 Å². The van der Waals surface area contributed by atoms with Crippen LogP contribution in [0.25, 0.3) is 0 Å². The molecule has 116 valence electrons. The SMILES string of the molecule is CCc1cn([C@H]2C[C@H](O)[C@H](C(O)C(=O)O)O2)c(=O)[nH]c1=O.